The van der Waals surface area contributed by atoms with Gasteiger partial charge in [0, 0.05) is 12.5 Å². The van der Waals surface area contributed by atoms with Gasteiger partial charge in [0.1, 0.15) is 24.9 Å². The van der Waals surface area contributed by atoms with Crippen molar-refractivity contribution >= 4 is 6.09 Å². The number of ether oxygens (including phenoxy) is 1. The monoisotopic (exact) mass is 404 g/mol. The zero-order chi connectivity index (χ0) is 21.8. The molecule has 8 nitrogen and oxygen atoms in total. The number of hydrogen-bond acceptors (Lipinski definition) is 7. The Hall–Kier alpha value is -2.49. The largest absolute Gasteiger partial charge is 0.449 e. The molecule has 3 rings (SSSR count). The fourth-order valence-corrected chi connectivity index (χ4v) is 3.38. The van der Waals surface area contributed by atoms with E-state index >= 15 is 0 Å². The molecule has 0 spiro atoms. The summed E-state index contributed by atoms with van der Waals surface area (Å²) in [6, 6.07) is 15.2. The van der Waals surface area contributed by atoms with Crippen molar-refractivity contribution < 1.29 is 36.4 Å². The highest BCUT2D eigenvalue weighted by atomic mass is 16.5. The Kier molecular flexibility index (Phi) is 6.38. The first kappa shape index (κ1) is 19.8. The number of benzene rings is 2. The molecule has 0 heterocycles. The summed E-state index contributed by atoms with van der Waals surface area (Å²) < 4.78 is 13.6. The van der Waals surface area contributed by atoms with Crippen LogP contribution < -0.4 is 5.32 Å². The number of alkyl carbamates (subject to hydrolysis) is 1. The van der Waals surface area contributed by atoms with E-state index in [2.05, 4.69) is 5.32 Å². The van der Waals surface area contributed by atoms with Crippen LogP contribution in [0.5, 0.6) is 0 Å². The molecule has 1 unspecified atom stereocenters. The van der Waals surface area contributed by atoms with Crippen molar-refractivity contribution in [3.63, 3.8) is 0 Å². The molecule has 0 saturated heterocycles. The highest BCUT2D eigenvalue weighted by Crippen LogP contribution is 2.44. The number of amides is 1. The van der Waals surface area contributed by atoms with Crippen molar-refractivity contribution in [3.8, 4) is 11.1 Å². The lowest BCUT2D eigenvalue weighted by molar-refractivity contribution is -0.113. The highest BCUT2D eigenvalue weighted by Gasteiger charge is 2.31. The summed E-state index contributed by atoms with van der Waals surface area (Å²) in [6.45, 7) is -2.54. The molecule has 1 aliphatic rings. The Morgan fingerprint density at radius 3 is 2.03 bits per heavy atom. The summed E-state index contributed by atoms with van der Waals surface area (Å²) in [6.07, 6.45) is -7.82. The Morgan fingerprint density at radius 1 is 0.966 bits per heavy atom. The lowest BCUT2D eigenvalue weighted by Gasteiger charge is -2.25. The molecule has 0 aliphatic heterocycles. The molecule has 0 fully saturated rings. The van der Waals surface area contributed by atoms with Gasteiger partial charge in [0.25, 0.3) is 0 Å². The number of carbonyl (C=O) groups is 1. The lowest BCUT2D eigenvalue weighted by atomic mass is 9.98. The fraction of sp³-hybridized carbons (Fsp3) is 0.381. The van der Waals surface area contributed by atoms with Gasteiger partial charge in [-0.05, 0) is 22.3 Å². The minimum atomic E-state index is -1.80. The minimum absolute atomic E-state index is 0.472. The van der Waals surface area contributed by atoms with Crippen LogP contribution in [0.1, 0.15) is 18.4 Å². The number of aliphatic hydroxyl groups excluding tert-OH is 5. The van der Waals surface area contributed by atoms with Crippen molar-refractivity contribution in [1.82, 2.24) is 5.32 Å². The molecule has 0 bridgehead atoms. The van der Waals surface area contributed by atoms with E-state index in [1.807, 2.05) is 48.5 Å². The summed E-state index contributed by atoms with van der Waals surface area (Å²) in [5, 5.41) is 49.6. The average Bonchev–Trinajstić information content (AvgIpc) is 3.10. The van der Waals surface area contributed by atoms with Crippen LogP contribution >= 0.6 is 0 Å². The number of hydrogen-bond donors (Lipinski definition) is 6. The molecular formula is C21H25NO7. The zero-order valence-electron chi connectivity index (χ0n) is 16.5. The first-order chi connectivity index (χ1) is 14.3. The Labute approximate surface area is 169 Å². The summed E-state index contributed by atoms with van der Waals surface area (Å²) in [4.78, 5) is 12.1. The van der Waals surface area contributed by atoms with Crippen molar-refractivity contribution in [2.75, 3.05) is 19.7 Å². The van der Waals surface area contributed by atoms with Crippen LogP contribution in [0.3, 0.4) is 0 Å². The maximum absolute atomic E-state index is 12.1. The van der Waals surface area contributed by atoms with Crippen molar-refractivity contribution in [2.45, 2.75) is 30.3 Å². The maximum atomic E-state index is 12.1. The molecule has 5 atom stereocenters. The van der Waals surface area contributed by atoms with E-state index in [4.69, 9.17) is 11.2 Å². The standard InChI is InChI=1S/C21H25NO7/c23-10-18(25)20(27)19(26)17(24)9-22-21(28)29-11-16-14-7-3-1-5-12(14)13-6-2-4-8-15(13)16/h1-8,16-20,23-27H,9-11H2,(H,22,28)/t17-,18+,19+,20+/m0/s1/i11D/t11?,17-,18+,19+,20+. The van der Waals surface area contributed by atoms with Crippen LogP contribution in [0, 0.1) is 0 Å². The van der Waals surface area contributed by atoms with Crippen LogP contribution in [0.4, 0.5) is 4.79 Å². The molecule has 0 radical (unpaired) electrons. The second-order valence-electron chi connectivity index (χ2n) is 6.87. The normalized spacial score (nSPS) is 18.6. The lowest BCUT2D eigenvalue weighted by Crippen LogP contribution is -2.49. The number of rotatable bonds is 8. The molecule has 156 valence electrons. The molecule has 2 aromatic rings. The predicted molar refractivity (Wildman–Crippen MR) is 104 cm³/mol. The third-order valence-electron chi connectivity index (χ3n) is 4.97. The molecule has 0 saturated carbocycles. The molecule has 8 heteroatoms. The van der Waals surface area contributed by atoms with Gasteiger partial charge in [0.05, 0.1) is 14.1 Å². The first-order valence-corrected chi connectivity index (χ1v) is 9.23. The van der Waals surface area contributed by atoms with E-state index in [1.54, 1.807) is 0 Å². The third-order valence-corrected chi connectivity index (χ3v) is 4.97. The first-order valence-electron chi connectivity index (χ1n) is 9.81. The topological polar surface area (TPSA) is 139 Å². The Balaban J connectivity index is 1.61. The smallest absolute Gasteiger partial charge is 0.407 e. The second kappa shape index (κ2) is 9.34. The molecule has 1 amide bonds. The van der Waals surface area contributed by atoms with Crippen LogP contribution in [-0.4, -0.2) is 75.8 Å². The third kappa shape index (κ3) is 4.58. The Bertz CT molecular complexity index is 834. The molecule has 0 aromatic heterocycles. The van der Waals surface area contributed by atoms with Crippen molar-refractivity contribution in [1.29, 1.82) is 0 Å². The van der Waals surface area contributed by atoms with Gasteiger partial charge in [0.2, 0.25) is 0 Å². The van der Waals surface area contributed by atoms with E-state index in [0.717, 1.165) is 22.3 Å². The number of aliphatic hydroxyl groups is 5. The van der Waals surface area contributed by atoms with Gasteiger partial charge >= 0.3 is 6.09 Å². The molecular weight excluding hydrogens is 378 g/mol. The van der Waals surface area contributed by atoms with Gasteiger partial charge < -0.3 is 35.6 Å². The van der Waals surface area contributed by atoms with Gasteiger partial charge in [-0.1, -0.05) is 48.5 Å². The molecule has 1 aliphatic carbocycles. The molecule has 29 heavy (non-hydrogen) atoms. The predicted octanol–water partition coefficient (Wildman–Crippen LogP) is -0.0390. The highest BCUT2D eigenvalue weighted by molar-refractivity contribution is 5.79. The molecule has 2 aromatic carbocycles. The van der Waals surface area contributed by atoms with Crippen molar-refractivity contribution in [3.05, 3.63) is 59.7 Å². The maximum Gasteiger partial charge on any atom is 0.407 e. The summed E-state index contributed by atoms with van der Waals surface area (Å²) in [7, 11) is 0. The van der Waals surface area contributed by atoms with Crippen molar-refractivity contribution in [2.24, 2.45) is 0 Å². The SMILES string of the molecule is [2H]C(OC(=O)NC[C@H](O)[C@@H](O)[C@H](O)[C@H](O)CO)C1c2ccccc2-c2ccccc21. The van der Waals surface area contributed by atoms with Gasteiger partial charge in [-0.15, -0.1) is 0 Å². The minimum Gasteiger partial charge on any atom is -0.449 e. The zero-order valence-corrected chi connectivity index (χ0v) is 15.5. The molecule has 6 N–H and O–H groups in total. The van der Waals surface area contributed by atoms with E-state index in [0.29, 0.717) is 0 Å². The van der Waals surface area contributed by atoms with Gasteiger partial charge in [-0.25, -0.2) is 4.79 Å². The quantitative estimate of drug-likeness (QED) is 0.363. The van der Waals surface area contributed by atoms with Gasteiger partial charge in [-0.3, -0.25) is 0 Å². The van der Waals surface area contributed by atoms with E-state index in [-0.39, 0.29) is 0 Å². The summed E-state index contributed by atoms with van der Waals surface area (Å²) >= 11 is 0. The number of nitrogens with one attached hydrogen (secondary N) is 1. The van der Waals surface area contributed by atoms with Gasteiger partial charge in [-0.2, -0.15) is 0 Å². The number of fused-ring (bicyclic) bond motifs is 3. The van der Waals surface area contributed by atoms with E-state index < -0.39 is 56.2 Å². The van der Waals surface area contributed by atoms with Crippen LogP contribution in [0.25, 0.3) is 11.1 Å². The fourth-order valence-electron chi connectivity index (χ4n) is 3.38. The Morgan fingerprint density at radius 2 is 1.48 bits per heavy atom. The van der Waals surface area contributed by atoms with Crippen LogP contribution in [0.2, 0.25) is 0 Å². The van der Waals surface area contributed by atoms with Crippen LogP contribution in [-0.2, 0) is 4.74 Å². The average molecular weight is 404 g/mol. The van der Waals surface area contributed by atoms with Gasteiger partial charge in [0.15, 0.2) is 0 Å². The van der Waals surface area contributed by atoms with E-state index in [9.17, 15) is 25.2 Å². The van der Waals surface area contributed by atoms with E-state index in [1.165, 1.54) is 0 Å². The summed E-state index contributed by atoms with van der Waals surface area (Å²) in [5.41, 5.74) is 3.72. The van der Waals surface area contributed by atoms with Crippen LogP contribution in [0.15, 0.2) is 48.5 Å². The summed E-state index contributed by atoms with van der Waals surface area (Å²) in [5.74, 6) is -0.472. The second-order valence-corrected chi connectivity index (χ2v) is 6.87. The number of carbonyl (C=O) groups excluding carboxylic acids is 1.